The molecule has 0 bridgehead atoms. The highest BCUT2D eigenvalue weighted by atomic mass is 16.2. The number of nitrogens with zero attached hydrogens (tertiary/aromatic N) is 3. The molecular formula is C35H46N4O2. The van der Waals surface area contributed by atoms with E-state index < -0.39 is 0 Å². The van der Waals surface area contributed by atoms with Crippen molar-refractivity contribution >= 4 is 11.8 Å². The van der Waals surface area contributed by atoms with Crippen LogP contribution in [0.1, 0.15) is 95.1 Å². The van der Waals surface area contributed by atoms with Gasteiger partial charge in [-0.2, -0.15) is 0 Å². The highest BCUT2D eigenvalue weighted by Crippen LogP contribution is 2.34. The fraction of sp³-hybridized carbons (Fsp3) is 0.486. The van der Waals surface area contributed by atoms with Crippen LogP contribution < -0.4 is 5.32 Å². The summed E-state index contributed by atoms with van der Waals surface area (Å²) in [5, 5.41) is 3.47. The number of amides is 2. The van der Waals surface area contributed by atoms with Crippen LogP contribution in [-0.4, -0.2) is 51.9 Å². The van der Waals surface area contributed by atoms with E-state index in [0.29, 0.717) is 6.54 Å². The minimum Gasteiger partial charge on any atom is -0.347 e. The standard InChI is InChI=1S/C35H46N4O2/c1-6-8-16-38(17-9-7-2)34(40)30-21-33(37(5)25(30)4)31-19-27-14-15-36-22-29(27)20-32(31)35(41)39-23-28-13-11-10-12-26(28)18-24(39)3/h10-13,19-21,24,36H,6-9,14-18,22-23H2,1-5H3/t24-/m1/s1. The van der Waals surface area contributed by atoms with Gasteiger partial charge >= 0.3 is 0 Å². The van der Waals surface area contributed by atoms with Gasteiger partial charge in [-0.15, -0.1) is 0 Å². The minimum absolute atomic E-state index is 0.0645. The smallest absolute Gasteiger partial charge is 0.255 e. The molecule has 0 unspecified atom stereocenters. The lowest BCUT2D eigenvalue weighted by Gasteiger charge is -2.35. The topological polar surface area (TPSA) is 57.6 Å². The molecular weight excluding hydrogens is 508 g/mol. The average Bonchev–Trinajstić information content (AvgIpc) is 3.29. The summed E-state index contributed by atoms with van der Waals surface area (Å²) in [5.41, 5.74) is 9.32. The van der Waals surface area contributed by atoms with Crippen molar-refractivity contribution in [1.29, 1.82) is 0 Å². The molecule has 1 N–H and O–H groups in total. The molecule has 0 radical (unpaired) electrons. The second kappa shape index (κ2) is 12.6. The van der Waals surface area contributed by atoms with Crippen LogP contribution in [0.25, 0.3) is 11.3 Å². The van der Waals surface area contributed by atoms with Crippen LogP contribution in [0.2, 0.25) is 0 Å². The summed E-state index contributed by atoms with van der Waals surface area (Å²) in [6.45, 7) is 12.4. The van der Waals surface area contributed by atoms with E-state index in [2.05, 4.69) is 67.1 Å². The van der Waals surface area contributed by atoms with Crippen LogP contribution in [0, 0.1) is 6.92 Å². The second-order valence-corrected chi connectivity index (χ2v) is 11.9. The molecule has 2 amide bonds. The molecule has 2 aliphatic heterocycles. The van der Waals surface area contributed by atoms with E-state index in [-0.39, 0.29) is 17.9 Å². The number of carbonyl (C=O) groups is 2. The molecule has 41 heavy (non-hydrogen) atoms. The van der Waals surface area contributed by atoms with E-state index in [9.17, 15) is 9.59 Å². The molecule has 0 spiro atoms. The normalized spacial score (nSPS) is 16.3. The number of rotatable bonds is 9. The highest BCUT2D eigenvalue weighted by Gasteiger charge is 2.31. The summed E-state index contributed by atoms with van der Waals surface area (Å²) in [5.74, 6) is 0.164. The Kier molecular flexibility index (Phi) is 8.98. The lowest BCUT2D eigenvalue weighted by Crippen LogP contribution is -2.43. The van der Waals surface area contributed by atoms with E-state index >= 15 is 0 Å². The predicted molar refractivity (Wildman–Crippen MR) is 166 cm³/mol. The summed E-state index contributed by atoms with van der Waals surface area (Å²) >= 11 is 0. The Balaban J connectivity index is 1.56. The van der Waals surface area contributed by atoms with Gasteiger partial charge in [-0.3, -0.25) is 9.59 Å². The Morgan fingerprint density at radius 1 is 0.951 bits per heavy atom. The maximum atomic E-state index is 14.4. The zero-order chi connectivity index (χ0) is 29.1. The van der Waals surface area contributed by atoms with E-state index in [1.165, 1.54) is 22.3 Å². The fourth-order valence-electron chi connectivity index (χ4n) is 6.38. The molecule has 1 atom stereocenters. The van der Waals surface area contributed by atoms with Gasteiger partial charge in [-0.1, -0.05) is 51.0 Å². The van der Waals surface area contributed by atoms with Crippen LogP contribution in [0.5, 0.6) is 0 Å². The van der Waals surface area contributed by atoms with E-state index in [4.69, 9.17) is 0 Å². The van der Waals surface area contributed by atoms with Gasteiger partial charge in [0.2, 0.25) is 0 Å². The van der Waals surface area contributed by atoms with Crippen molar-refractivity contribution in [2.45, 2.75) is 85.4 Å². The number of fused-ring (bicyclic) bond motifs is 2. The molecule has 5 rings (SSSR count). The predicted octanol–water partition coefficient (Wildman–Crippen LogP) is 6.28. The first-order chi connectivity index (χ1) is 19.8. The number of hydrogen-bond donors (Lipinski definition) is 1. The summed E-state index contributed by atoms with van der Waals surface area (Å²) in [6.07, 6.45) is 5.91. The summed E-state index contributed by atoms with van der Waals surface area (Å²) < 4.78 is 2.11. The van der Waals surface area contributed by atoms with Gasteiger partial charge in [0.25, 0.3) is 11.8 Å². The van der Waals surface area contributed by atoms with E-state index in [1.54, 1.807) is 0 Å². The number of aromatic nitrogens is 1. The van der Waals surface area contributed by atoms with E-state index in [0.717, 1.165) is 92.8 Å². The molecule has 2 aromatic carbocycles. The average molecular weight is 555 g/mol. The lowest BCUT2D eigenvalue weighted by atomic mass is 9.90. The minimum atomic E-state index is 0.0645. The summed E-state index contributed by atoms with van der Waals surface area (Å²) in [4.78, 5) is 32.3. The van der Waals surface area contributed by atoms with Crippen molar-refractivity contribution < 1.29 is 9.59 Å². The maximum absolute atomic E-state index is 14.4. The molecule has 2 aliphatic rings. The summed E-state index contributed by atoms with van der Waals surface area (Å²) in [6, 6.07) is 14.9. The number of nitrogens with one attached hydrogen (secondary N) is 1. The molecule has 0 saturated carbocycles. The van der Waals surface area contributed by atoms with Crippen molar-refractivity contribution in [2.75, 3.05) is 19.6 Å². The number of benzene rings is 2. The van der Waals surface area contributed by atoms with Crippen molar-refractivity contribution in [3.8, 4) is 11.3 Å². The molecule has 0 saturated heterocycles. The lowest BCUT2D eigenvalue weighted by molar-refractivity contribution is 0.0658. The molecule has 3 aromatic rings. The van der Waals surface area contributed by atoms with Crippen molar-refractivity contribution in [3.05, 3.63) is 81.5 Å². The second-order valence-electron chi connectivity index (χ2n) is 11.9. The quantitative estimate of drug-likeness (QED) is 0.339. The molecule has 0 fully saturated rings. The number of carbonyl (C=O) groups excluding carboxylic acids is 2. The van der Waals surface area contributed by atoms with Gasteiger partial charge in [0.1, 0.15) is 0 Å². The van der Waals surface area contributed by atoms with Gasteiger partial charge in [-0.25, -0.2) is 0 Å². The zero-order valence-electron chi connectivity index (χ0n) is 25.6. The number of hydrogen-bond acceptors (Lipinski definition) is 3. The van der Waals surface area contributed by atoms with Gasteiger partial charge in [0.05, 0.1) is 5.56 Å². The largest absolute Gasteiger partial charge is 0.347 e. The first-order valence-corrected chi connectivity index (χ1v) is 15.5. The van der Waals surface area contributed by atoms with Crippen LogP contribution in [0.15, 0.2) is 42.5 Å². The van der Waals surface area contributed by atoms with Crippen LogP contribution in [-0.2, 0) is 33.0 Å². The fourth-order valence-corrected chi connectivity index (χ4v) is 6.38. The Labute approximate surface area is 245 Å². The third kappa shape index (κ3) is 5.85. The van der Waals surface area contributed by atoms with Gasteiger partial charge in [-0.05, 0) is 86.5 Å². The highest BCUT2D eigenvalue weighted by molar-refractivity contribution is 6.03. The third-order valence-electron chi connectivity index (χ3n) is 9.12. The third-order valence-corrected chi connectivity index (χ3v) is 9.12. The zero-order valence-corrected chi connectivity index (χ0v) is 25.6. The number of unbranched alkanes of at least 4 members (excludes halogenated alkanes) is 2. The Hall–Kier alpha value is -3.38. The van der Waals surface area contributed by atoms with Crippen molar-refractivity contribution in [1.82, 2.24) is 19.7 Å². The van der Waals surface area contributed by atoms with Crippen LogP contribution in [0.4, 0.5) is 0 Å². The van der Waals surface area contributed by atoms with E-state index in [1.807, 2.05) is 29.8 Å². The molecule has 6 nitrogen and oxygen atoms in total. The molecule has 6 heteroatoms. The van der Waals surface area contributed by atoms with Gasteiger partial charge < -0.3 is 19.7 Å². The monoisotopic (exact) mass is 554 g/mol. The molecule has 1 aromatic heterocycles. The molecule has 3 heterocycles. The SMILES string of the molecule is CCCCN(CCCC)C(=O)c1cc(-c2cc3c(cc2C(=O)N2Cc4ccccc4C[C@H]2C)CNCC3)n(C)c1C. The summed E-state index contributed by atoms with van der Waals surface area (Å²) in [7, 11) is 2.03. The first kappa shape index (κ1) is 29.1. The van der Waals surface area contributed by atoms with Gasteiger partial charge in [0.15, 0.2) is 0 Å². The van der Waals surface area contributed by atoms with Gasteiger partial charge in [0, 0.05) is 61.8 Å². The first-order valence-electron chi connectivity index (χ1n) is 15.5. The van der Waals surface area contributed by atoms with Crippen molar-refractivity contribution in [2.24, 2.45) is 7.05 Å². The Morgan fingerprint density at radius 3 is 2.37 bits per heavy atom. The molecule has 0 aliphatic carbocycles. The Morgan fingerprint density at radius 2 is 1.66 bits per heavy atom. The van der Waals surface area contributed by atoms with Crippen LogP contribution in [0.3, 0.4) is 0 Å². The Bertz CT molecular complexity index is 1410. The maximum Gasteiger partial charge on any atom is 0.255 e. The molecule has 218 valence electrons. The van der Waals surface area contributed by atoms with Crippen molar-refractivity contribution in [3.63, 3.8) is 0 Å². The van der Waals surface area contributed by atoms with Crippen LogP contribution >= 0.6 is 0 Å².